The predicted molar refractivity (Wildman–Crippen MR) is 105 cm³/mol. The summed E-state index contributed by atoms with van der Waals surface area (Å²) in [6, 6.07) is 6.42. The molecule has 0 aliphatic carbocycles. The standard InChI is InChI=1S/C19H25FN6O/c1-4-21-18-22-13(2)12-17(24-18)25-8-10-26(11-9-25)19(27)23-16-7-5-6-15(20)14(16)3/h5-7,12H,4,8-11H2,1-3H3,(H,23,27)(H,21,22,24). The number of aryl methyl sites for hydroxylation is 1. The van der Waals surface area contributed by atoms with Gasteiger partial charge in [0.05, 0.1) is 0 Å². The number of halogens is 1. The van der Waals surface area contributed by atoms with Crippen molar-refractivity contribution in [3.63, 3.8) is 0 Å². The molecule has 0 spiro atoms. The van der Waals surface area contributed by atoms with E-state index >= 15 is 0 Å². The molecular weight excluding hydrogens is 347 g/mol. The smallest absolute Gasteiger partial charge is 0.321 e. The maximum Gasteiger partial charge on any atom is 0.321 e. The number of benzene rings is 1. The summed E-state index contributed by atoms with van der Waals surface area (Å²) in [5, 5.41) is 5.94. The third kappa shape index (κ3) is 4.45. The number of nitrogens with zero attached hydrogens (tertiary/aromatic N) is 4. The molecule has 1 fully saturated rings. The summed E-state index contributed by atoms with van der Waals surface area (Å²) in [5.74, 6) is 1.15. The van der Waals surface area contributed by atoms with Crippen LogP contribution in [0.25, 0.3) is 0 Å². The molecule has 1 aliphatic rings. The molecule has 0 atom stereocenters. The van der Waals surface area contributed by atoms with Crippen LogP contribution in [0.2, 0.25) is 0 Å². The van der Waals surface area contributed by atoms with E-state index in [2.05, 4.69) is 25.5 Å². The zero-order chi connectivity index (χ0) is 19.4. The van der Waals surface area contributed by atoms with Gasteiger partial charge in [-0.15, -0.1) is 0 Å². The van der Waals surface area contributed by atoms with Crippen LogP contribution in [-0.4, -0.2) is 53.6 Å². The van der Waals surface area contributed by atoms with Crippen molar-refractivity contribution in [1.82, 2.24) is 14.9 Å². The van der Waals surface area contributed by atoms with E-state index in [4.69, 9.17) is 0 Å². The lowest BCUT2D eigenvalue weighted by atomic mass is 10.2. The van der Waals surface area contributed by atoms with Crippen molar-refractivity contribution in [1.29, 1.82) is 0 Å². The monoisotopic (exact) mass is 372 g/mol. The lowest BCUT2D eigenvalue weighted by Crippen LogP contribution is -2.50. The number of nitrogens with one attached hydrogen (secondary N) is 2. The lowest BCUT2D eigenvalue weighted by Gasteiger charge is -2.35. The average molecular weight is 372 g/mol. The molecule has 2 N–H and O–H groups in total. The molecule has 144 valence electrons. The number of hydrogen-bond acceptors (Lipinski definition) is 5. The zero-order valence-electron chi connectivity index (χ0n) is 15.9. The molecule has 1 aliphatic heterocycles. The van der Waals surface area contributed by atoms with Crippen LogP contribution in [0.1, 0.15) is 18.2 Å². The van der Waals surface area contributed by atoms with Crippen LogP contribution in [0, 0.1) is 19.7 Å². The van der Waals surface area contributed by atoms with Crippen molar-refractivity contribution in [2.45, 2.75) is 20.8 Å². The molecule has 2 heterocycles. The Hall–Kier alpha value is -2.90. The number of urea groups is 1. The molecule has 7 nitrogen and oxygen atoms in total. The number of hydrogen-bond donors (Lipinski definition) is 2. The van der Waals surface area contributed by atoms with Gasteiger partial charge in [-0.05, 0) is 32.9 Å². The summed E-state index contributed by atoms with van der Waals surface area (Å²) in [5.41, 5.74) is 1.85. The minimum Gasteiger partial charge on any atom is -0.354 e. The summed E-state index contributed by atoms with van der Waals surface area (Å²) in [4.78, 5) is 25.3. The van der Waals surface area contributed by atoms with E-state index in [1.54, 1.807) is 24.0 Å². The van der Waals surface area contributed by atoms with Gasteiger partial charge in [0, 0.05) is 55.7 Å². The van der Waals surface area contributed by atoms with Crippen molar-refractivity contribution >= 4 is 23.5 Å². The van der Waals surface area contributed by atoms with E-state index in [9.17, 15) is 9.18 Å². The Morgan fingerprint density at radius 1 is 1.19 bits per heavy atom. The fraction of sp³-hybridized carbons (Fsp3) is 0.421. The SMILES string of the molecule is CCNc1nc(C)cc(N2CCN(C(=O)Nc3cccc(F)c3C)CC2)n1. The molecule has 2 amide bonds. The quantitative estimate of drug-likeness (QED) is 0.863. The molecule has 1 aromatic carbocycles. The van der Waals surface area contributed by atoms with E-state index in [-0.39, 0.29) is 11.8 Å². The Labute approximate surface area is 158 Å². The van der Waals surface area contributed by atoms with E-state index in [1.807, 2.05) is 19.9 Å². The predicted octanol–water partition coefficient (Wildman–Crippen LogP) is 3.02. The molecule has 2 aromatic rings. The van der Waals surface area contributed by atoms with Crippen LogP contribution in [0.4, 0.5) is 26.6 Å². The van der Waals surface area contributed by atoms with E-state index in [1.165, 1.54) is 6.07 Å². The number of amides is 2. The Kier molecular flexibility index (Phi) is 5.73. The topological polar surface area (TPSA) is 73.4 Å². The molecular formula is C19H25FN6O. The van der Waals surface area contributed by atoms with Crippen LogP contribution in [0.3, 0.4) is 0 Å². The Bertz CT molecular complexity index is 820. The van der Waals surface area contributed by atoms with Gasteiger partial charge in [-0.2, -0.15) is 4.98 Å². The Morgan fingerprint density at radius 3 is 2.63 bits per heavy atom. The molecule has 27 heavy (non-hydrogen) atoms. The highest BCUT2D eigenvalue weighted by molar-refractivity contribution is 5.90. The second-order valence-electron chi connectivity index (χ2n) is 6.54. The second-order valence-corrected chi connectivity index (χ2v) is 6.54. The fourth-order valence-corrected chi connectivity index (χ4v) is 3.03. The molecule has 0 unspecified atom stereocenters. The van der Waals surface area contributed by atoms with Gasteiger partial charge in [0.1, 0.15) is 11.6 Å². The highest BCUT2D eigenvalue weighted by atomic mass is 19.1. The van der Waals surface area contributed by atoms with E-state index < -0.39 is 0 Å². The molecule has 3 rings (SSSR count). The number of anilines is 3. The second kappa shape index (κ2) is 8.20. The van der Waals surface area contributed by atoms with Crippen molar-refractivity contribution in [3.8, 4) is 0 Å². The number of aromatic nitrogens is 2. The van der Waals surface area contributed by atoms with E-state index in [0.29, 0.717) is 43.4 Å². The number of rotatable bonds is 4. The average Bonchev–Trinajstić information content (AvgIpc) is 2.65. The van der Waals surface area contributed by atoms with Crippen LogP contribution in [0.5, 0.6) is 0 Å². The van der Waals surface area contributed by atoms with Crippen LogP contribution < -0.4 is 15.5 Å². The fourth-order valence-electron chi connectivity index (χ4n) is 3.03. The normalized spacial score (nSPS) is 14.2. The summed E-state index contributed by atoms with van der Waals surface area (Å²) in [6.07, 6.45) is 0. The maximum absolute atomic E-state index is 13.6. The van der Waals surface area contributed by atoms with Gasteiger partial charge in [0.25, 0.3) is 0 Å². The van der Waals surface area contributed by atoms with Crippen molar-refractivity contribution < 1.29 is 9.18 Å². The third-order valence-electron chi connectivity index (χ3n) is 4.58. The first-order chi connectivity index (χ1) is 13.0. The number of carbonyl (C=O) groups is 1. The lowest BCUT2D eigenvalue weighted by molar-refractivity contribution is 0.208. The van der Waals surface area contributed by atoms with Crippen molar-refractivity contribution in [2.24, 2.45) is 0 Å². The molecule has 8 heteroatoms. The molecule has 0 bridgehead atoms. The van der Waals surface area contributed by atoms with Gasteiger partial charge in [0.15, 0.2) is 0 Å². The highest BCUT2D eigenvalue weighted by Crippen LogP contribution is 2.20. The van der Waals surface area contributed by atoms with Crippen LogP contribution >= 0.6 is 0 Å². The van der Waals surface area contributed by atoms with Gasteiger partial charge in [-0.1, -0.05) is 6.07 Å². The van der Waals surface area contributed by atoms with Crippen LogP contribution in [0.15, 0.2) is 24.3 Å². The van der Waals surface area contributed by atoms with Crippen molar-refractivity contribution in [3.05, 3.63) is 41.3 Å². The molecule has 1 saturated heterocycles. The number of piperazine rings is 1. The Balaban J connectivity index is 1.61. The summed E-state index contributed by atoms with van der Waals surface area (Å²) >= 11 is 0. The van der Waals surface area contributed by atoms with Crippen molar-refractivity contribution in [2.75, 3.05) is 48.3 Å². The first-order valence-electron chi connectivity index (χ1n) is 9.13. The summed E-state index contributed by atoms with van der Waals surface area (Å²) in [6.45, 7) is 8.85. The first-order valence-corrected chi connectivity index (χ1v) is 9.13. The highest BCUT2D eigenvalue weighted by Gasteiger charge is 2.23. The van der Waals surface area contributed by atoms with Crippen LogP contribution in [-0.2, 0) is 0 Å². The van der Waals surface area contributed by atoms with Gasteiger partial charge >= 0.3 is 6.03 Å². The maximum atomic E-state index is 13.6. The minimum absolute atomic E-state index is 0.212. The largest absolute Gasteiger partial charge is 0.354 e. The molecule has 0 radical (unpaired) electrons. The summed E-state index contributed by atoms with van der Waals surface area (Å²) < 4.78 is 13.6. The van der Waals surface area contributed by atoms with Gasteiger partial charge in [-0.3, -0.25) is 0 Å². The van der Waals surface area contributed by atoms with Gasteiger partial charge in [-0.25, -0.2) is 14.2 Å². The first kappa shape index (κ1) is 18.9. The number of carbonyl (C=O) groups excluding carboxylic acids is 1. The molecule has 1 aromatic heterocycles. The molecule has 0 saturated carbocycles. The minimum atomic E-state index is -0.326. The third-order valence-corrected chi connectivity index (χ3v) is 4.58. The zero-order valence-corrected chi connectivity index (χ0v) is 15.9. The Morgan fingerprint density at radius 2 is 1.93 bits per heavy atom. The van der Waals surface area contributed by atoms with Gasteiger partial charge < -0.3 is 20.4 Å². The van der Waals surface area contributed by atoms with E-state index in [0.717, 1.165) is 18.1 Å². The van der Waals surface area contributed by atoms with Gasteiger partial charge in [0.2, 0.25) is 5.95 Å². The summed E-state index contributed by atoms with van der Waals surface area (Å²) in [7, 11) is 0.